The summed E-state index contributed by atoms with van der Waals surface area (Å²) in [6.07, 6.45) is 6.96. The lowest BCUT2D eigenvalue weighted by molar-refractivity contribution is 0.426. The zero-order valence-electron chi connectivity index (χ0n) is 62.9. The van der Waals surface area contributed by atoms with Gasteiger partial charge in [0.05, 0.1) is 44.9 Å². The molecule has 10 aromatic carbocycles. The van der Waals surface area contributed by atoms with Crippen molar-refractivity contribution in [3.63, 3.8) is 0 Å². The van der Waals surface area contributed by atoms with Crippen LogP contribution >= 0.6 is 45.8 Å². The number of aromatic amines is 1. The molecule has 10 aromatic heterocycles. The van der Waals surface area contributed by atoms with Gasteiger partial charge in [-0.05, 0) is 171 Å². The first-order valence-electron chi connectivity index (χ1n) is 37.6. The first kappa shape index (κ1) is 74.1. The molecule has 2 aliphatic rings. The van der Waals surface area contributed by atoms with Crippen molar-refractivity contribution in [2.75, 3.05) is 10.2 Å². The van der Waals surface area contributed by atoms with E-state index in [-0.39, 0.29) is 21.4 Å². The summed E-state index contributed by atoms with van der Waals surface area (Å²) in [5.74, 6) is 1.10. The average molecular weight is 1660 g/mol. The van der Waals surface area contributed by atoms with Crippen LogP contribution in [0, 0.1) is 3.70 Å². The van der Waals surface area contributed by atoms with E-state index in [0.717, 1.165) is 92.2 Å². The summed E-state index contributed by atoms with van der Waals surface area (Å²) in [6.45, 7) is 9.23. The minimum atomic E-state index is -1.34. The number of benzene rings is 10. The Morgan fingerprint density at radius 2 is 0.802 bits per heavy atom. The number of nitrogens with zero attached hydrogens (tertiary/aromatic N) is 14. The molecular formula is C94H68BCl2IN16O2. The van der Waals surface area contributed by atoms with E-state index >= 15 is 0 Å². The van der Waals surface area contributed by atoms with Gasteiger partial charge in [0, 0.05) is 112 Å². The number of rotatable bonds is 6. The van der Waals surface area contributed by atoms with Crippen molar-refractivity contribution in [3.8, 4) is 39.7 Å². The van der Waals surface area contributed by atoms with Crippen LogP contribution in [0.1, 0.15) is 49.9 Å². The Morgan fingerprint density at radius 1 is 0.345 bits per heavy atom. The number of halogens is 3. The molecule has 0 atom stereocenters. The van der Waals surface area contributed by atoms with E-state index in [1.807, 2.05) is 121 Å². The van der Waals surface area contributed by atoms with Gasteiger partial charge in [0.1, 0.15) is 3.70 Å². The quantitative estimate of drug-likeness (QED) is 0.0525. The van der Waals surface area contributed by atoms with E-state index in [1.54, 1.807) is 49.1 Å². The largest absolute Gasteiger partial charge is 0.488 e. The van der Waals surface area contributed by atoms with Crippen LogP contribution in [0.4, 0.5) is 28.7 Å². The zero-order chi connectivity index (χ0) is 79.2. The number of hydrogen-bond donors (Lipinski definition) is 4. The Balaban J connectivity index is 0.000000123. The van der Waals surface area contributed by atoms with Gasteiger partial charge in [-0.2, -0.15) is 19.9 Å². The summed E-state index contributed by atoms with van der Waals surface area (Å²) in [7, 11) is -1.34. The molecule has 2 aliphatic heterocycles. The lowest BCUT2D eigenvalue weighted by atomic mass is 9.73. The molecule has 4 N–H and O–H groups in total. The highest BCUT2D eigenvalue weighted by molar-refractivity contribution is 14.1. The summed E-state index contributed by atoms with van der Waals surface area (Å²) in [5, 5.41) is 29.7. The van der Waals surface area contributed by atoms with Crippen LogP contribution in [0.3, 0.4) is 0 Å². The van der Waals surface area contributed by atoms with Crippen molar-refractivity contribution in [1.29, 1.82) is 0 Å². The topological polar surface area (TPSA) is 231 Å². The standard InChI is InChI=1S/C47H32N8.C21H18N2.C13H8ClN3.C7H3ClIN3.C6H7BO2/c1-47(2)35-22-10-12-24-38(35)55(46-51-42(30-17-7-4-8-18-30)33-21-14-26-49-44(33)53-46)40-28-39-34(27-36(40)47)31-19-9-11-23-37(31)54(39)45-50-41(29-15-5-3-6-16-29)32-20-13-25-48-43(32)52-45;1-21(2)15-8-4-6-10-18(15)23-20-12-19-14(11-16(20)21)13-7-3-5-9-17(13)22-19;14-13-16-11(9-5-2-1-3-6-9)10-7-4-8-15-12(10)17-13;8-7-11-5(9)4-2-1-3-10-6(4)12-7;8-7(9)6-4-2-1-3-5-6/h3-28H,1-2H3;3-12,22-23H,1-2H3;1-8H;1-3H;1-5,8-9H. The van der Waals surface area contributed by atoms with E-state index in [9.17, 15) is 0 Å². The SMILES string of the molecule is CC1(C)c2ccccc2N(c2nc(-c3ccccc3)c3cccnc3n2)c2cc3c(cc21)c1ccccc1n3-c1nc(-c2ccccc2)c2cccnc2n1.CC1(C)c2ccccc2Nc2cc3[nH]c4ccccc4c3cc21.Clc1nc(-c2ccccc2)c2cccnc2n1.Clc1nc(I)c2cccnc2n1.OB(O)c1ccccc1. The molecule has 0 aliphatic carbocycles. The number of para-hydroxylation sites is 4. The van der Waals surface area contributed by atoms with Crippen LogP contribution in [-0.2, 0) is 10.8 Å². The van der Waals surface area contributed by atoms with Crippen molar-refractivity contribution in [1.82, 2.24) is 69.4 Å². The molecular weight excluding hydrogens is 1590 g/mol. The van der Waals surface area contributed by atoms with E-state index in [1.165, 1.54) is 55.4 Å². The highest BCUT2D eigenvalue weighted by atomic mass is 127. The third kappa shape index (κ3) is 14.1. The van der Waals surface area contributed by atoms with Crippen LogP contribution < -0.4 is 15.7 Å². The molecule has 0 radical (unpaired) electrons. The van der Waals surface area contributed by atoms with E-state index in [2.05, 4.69) is 246 Å². The predicted octanol–water partition coefficient (Wildman–Crippen LogP) is 21.6. The summed E-state index contributed by atoms with van der Waals surface area (Å²) in [5.41, 5.74) is 22.0. The Bertz CT molecular complexity index is 7130. The molecule has 0 saturated carbocycles. The Kier molecular flexibility index (Phi) is 19.9. The maximum atomic E-state index is 8.58. The highest BCUT2D eigenvalue weighted by Gasteiger charge is 2.40. The molecule has 20 aromatic rings. The molecule has 116 heavy (non-hydrogen) atoms. The number of pyridine rings is 4. The van der Waals surface area contributed by atoms with Gasteiger partial charge in [-0.25, -0.2) is 39.9 Å². The minimum absolute atomic E-state index is 0.0102. The van der Waals surface area contributed by atoms with Crippen molar-refractivity contribution in [2.24, 2.45) is 0 Å². The molecule has 12 heterocycles. The van der Waals surface area contributed by atoms with Crippen molar-refractivity contribution < 1.29 is 10.0 Å². The predicted molar refractivity (Wildman–Crippen MR) is 477 cm³/mol. The average Bonchev–Trinajstić information content (AvgIpc) is 1.34. The molecule has 18 nitrogen and oxygen atoms in total. The van der Waals surface area contributed by atoms with Crippen LogP contribution in [0.15, 0.2) is 316 Å². The van der Waals surface area contributed by atoms with Gasteiger partial charge in [0.25, 0.3) is 0 Å². The molecule has 0 unspecified atom stereocenters. The fourth-order valence-electron chi connectivity index (χ4n) is 15.6. The van der Waals surface area contributed by atoms with Gasteiger partial charge >= 0.3 is 7.12 Å². The third-order valence-corrected chi connectivity index (χ3v) is 22.3. The molecule has 560 valence electrons. The zero-order valence-corrected chi connectivity index (χ0v) is 66.6. The Hall–Kier alpha value is -13.3. The second-order valence-corrected chi connectivity index (χ2v) is 30.6. The highest BCUT2D eigenvalue weighted by Crippen LogP contribution is 2.54. The van der Waals surface area contributed by atoms with Gasteiger partial charge in [-0.15, -0.1) is 0 Å². The number of hydrogen-bond acceptors (Lipinski definition) is 16. The number of fused-ring (bicyclic) bond motifs is 14. The first-order valence-corrected chi connectivity index (χ1v) is 39.4. The van der Waals surface area contributed by atoms with Gasteiger partial charge in [0.2, 0.25) is 22.5 Å². The van der Waals surface area contributed by atoms with Crippen LogP contribution in [0.5, 0.6) is 0 Å². The minimum Gasteiger partial charge on any atom is -0.423 e. The molecule has 0 bridgehead atoms. The summed E-state index contributed by atoms with van der Waals surface area (Å²) in [6, 6.07) is 98.0. The van der Waals surface area contributed by atoms with Crippen LogP contribution in [0.25, 0.3) is 127 Å². The van der Waals surface area contributed by atoms with E-state index in [0.29, 0.717) is 39.9 Å². The number of nitrogens with one attached hydrogen (secondary N) is 2. The normalized spacial score (nSPS) is 12.7. The van der Waals surface area contributed by atoms with Crippen LogP contribution in [0.2, 0.25) is 10.6 Å². The summed E-state index contributed by atoms with van der Waals surface area (Å²) in [4.78, 5) is 60.8. The summed E-state index contributed by atoms with van der Waals surface area (Å²) < 4.78 is 3.01. The van der Waals surface area contributed by atoms with Gasteiger partial charge < -0.3 is 20.3 Å². The fourth-order valence-corrected chi connectivity index (χ4v) is 16.7. The molecule has 22 rings (SSSR count). The Labute approximate surface area is 690 Å². The third-order valence-electron chi connectivity index (χ3n) is 21.1. The fraction of sp³-hybridized carbons (Fsp3) is 0.0638. The monoisotopic (exact) mass is 1660 g/mol. The smallest absolute Gasteiger partial charge is 0.423 e. The van der Waals surface area contributed by atoms with E-state index in [4.69, 9.17) is 63.2 Å². The number of H-pyrrole nitrogens is 1. The second-order valence-electron chi connectivity index (χ2n) is 28.9. The van der Waals surface area contributed by atoms with Gasteiger partial charge in [-0.3, -0.25) is 9.47 Å². The van der Waals surface area contributed by atoms with Gasteiger partial charge in [0.15, 0.2) is 22.6 Å². The first-order chi connectivity index (χ1) is 56.6. The van der Waals surface area contributed by atoms with E-state index < -0.39 is 7.12 Å². The Morgan fingerprint density at radius 3 is 1.41 bits per heavy atom. The molecule has 0 amide bonds. The molecule has 22 heteroatoms. The van der Waals surface area contributed by atoms with Crippen molar-refractivity contribution >= 4 is 175 Å². The molecule has 0 saturated heterocycles. The lowest BCUT2D eigenvalue weighted by Gasteiger charge is -2.41. The maximum absolute atomic E-state index is 8.58. The summed E-state index contributed by atoms with van der Waals surface area (Å²) >= 11 is 13.7. The van der Waals surface area contributed by atoms with Crippen LogP contribution in [-0.4, -0.2) is 86.5 Å². The van der Waals surface area contributed by atoms with Crippen molar-refractivity contribution in [2.45, 2.75) is 38.5 Å². The number of aromatic nitrogens is 14. The number of anilines is 5. The molecule has 0 spiro atoms. The second kappa shape index (κ2) is 31.2. The molecule has 0 fully saturated rings. The van der Waals surface area contributed by atoms with Gasteiger partial charge in [-0.1, -0.05) is 222 Å². The van der Waals surface area contributed by atoms with Crippen molar-refractivity contribution in [3.05, 3.63) is 352 Å². The lowest BCUT2D eigenvalue weighted by Crippen LogP contribution is -2.31. The maximum Gasteiger partial charge on any atom is 0.488 e.